The molecule has 2 N–H and O–H groups in total. The molecule has 0 aromatic heterocycles. The van der Waals surface area contributed by atoms with Crippen LogP contribution < -0.4 is 5.32 Å². The highest BCUT2D eigenvalue weighted by Gasteiger charge is 2.26. The number of ether oxygens (including phenoxy) is 1. The Morgan fingerprint density at radius 2 is 1.84 bits per heavy atom. The first-order chi connectivity index (χ1) is 18.3. The van der Waals surface area contributed by atoms with Gasteiger partial charge in [-0.05, 0) is 95.5 Å². The molecule has 8 heteroatoms. The molecule has 1 saturated heterocycles. The number of allylic oxidation sites excluding steroid dienone is 1. The van der Waals surface area contributed by atoms with Crippen molar-refractivity contribution in [2.24, 2.45) is 0 Å². The highest BCUT2D eigenvalue weighted by molar-refractivity contribution is 6.36. The summed E-state index contributed by atoms with van der Waals surface area (Å²) in [6.07, 6.45) is 2.36. The zero-order valence-corrected chi connectivity index (χ0v) is 22.5. The number of hydrogen-bond donors (Lipinski definition) is 2. The number of rotatable bonds is 5. The number of nitrogens with zero attached hydrogens (tertiary/aromatic N) is 1. The quantitative estimate of drug-likeness (QED) is 0.327. The topological polar surface area (TPSA) is 78.9 Å². The van der Waals surface area contributed by atoms with Crippen LogP contribution in [-0.4, -0.2) is 48.3 Å². The molecule has 0 saturated carbocycles. The van der Waals surface area contributed by atoms with E-state index in [-0.39, 0.29) is 12.0 Å². The van der Waals surface area contributed by atoms with Gasteiger partial charge in [0, 0.05) is 34.9 Å². The lowest BCUT2D eigenvalue weighted by Gasteiger charge is -2.20. The SMILES string of the molecule is COC(=O)c1ccc2c(c1)CCCC(c1ccc(Cl)cc1Cl)=C2c1cccc(N[C@@H]2CCN(C(=O)O)C2)c1. The van der Waals surface area contributed by atoms with Crippen molar-refractivity contribution in [1.82, 2.24) is 4.90 Å². The number of nitrogens with one attached hydrogen (secondary N) is 1. The molecule has 6 nitrogen and oxygen atoms in total. The molecule has 1 aliphatic heterocycles. The van der Waals surface area contributed by atoms with Gasteiger partial charge in [0.05, 0.1) is 12.7 Å². The van der Waals surface area contributed by atoms with Gasteiger partial charge in [-0.25, -0.2) is 9.59 Å². The summed E-state index contributed by atoms with van der Waals surface area (Å²) in [5.74, 6) is -0.360. The number of carbonyl (C=O) groups excluding carboxylic acids is 1. The fourth-order valence-electron chi connectivity index (χ4n) is 5.42. The fraction of sp³-hybridized carbons (Fsp3) is 0.267. The summed E-state index contributed by atoms with van der Waals surface area (Å²) in [5.41, 5.74) is 7.69. The summed E-state index contributed by atoms with van der Waals surface area (Å²) in [7, 11) is 1.39. The van der Waals surface area contributed by atoms with Gasteiger partial charge in [-0.3, -0.25) is 0 Å². The van der Waals surface area contributed by atoms with Crippen LogP contribution in [0.5, 0.6) is 0 Å². The molecular weight excluding hydrogens is 523 g/mol. The van der Waals surface area contributed by atoms with Gasteiger partial charge < -0.3 is 20.1 Å². The number of methoxy groups -OCH3 is 1. The van der Waals surface area contributed by atoms with E-state index >= 15 is 0 Å². The Labute approximate surface area is 231 Å². The molecule has 1 fully saturated rings. The maximum atomic E-state index is 12.3. The second-order valence-corrected chi connectivity index (χ2v) is 10.5. The number of aryl methyl sites for hydroxylation is 1. The van der Waals surface area contributed by atoms with E-state index in [4.69, 9.17) is 27.9 Å². The van der Waals surface area contributed by atoms with Gasteiger partial charge >= 0.3 is 12.1 Å². The zero-order valence-electron chi connectivity index (χ0n) is 21.0. The first-order valence-corrected chi connectivity index (χ1v) is 13.3. The highest BCUT2D eigenvalue weighted by Crippen LogP contribution is 2.43. The monoisotopic (exact) mass is 550 g/mol. The van der Waals surface area contributed by atoms with Crippen molar-refractivity contribution in [1.29, 1.82) is 0 Å². The Morgan fingerprint density at radius 1 is 1.03 bits per heavy atom. The minimum atomic E-state index is -0.890. The van der Waals surface area contributed by atoms with Crippen LogP contribution in [0.25, 0.3) is 11.1 Å². The normalized spacial score (nSPS) is 17.1. The van der Waals surface area contributed by atoms with Crippen LogP contribution in [0, 0.1) is 0 Å². The number of carbonyl (C=O) groups is 2. The number of halogens is 2. The lowest BCUT2D eigenvalue weighted by molar-refractivity contribution is 0.0600. The average molecular weight is 551 g/mol. The van der Waals surface area contributed by atoms with Crippen molar-refractivity contribution < 1.29 is 19.4 Å². The van der Waals surface area contributed by atoms with Crippen LogP contribution in [0.1, 0.15) is 51.9 Å². The second-order valence-electron chi connectivity index (χ2n) is 9.63. The zero-order chi connectivity index (χ0) is 26.8. The number of benzene rings is 3. The molecule has 1 amide bonds. The van der Waals surface area contributed by atoms with Crippen LogP contribution in [0.2, 0.25) is 10.0 Å². The molecule has 2 aliphatic rings. The number of hydrogen-bond acceptors (Lipinski definition) is 4. The molecule has 0 spiro atoms. The van der Waals surface area contributed by atoms with Gasteiger partial charge in [-0.2, -0.15) is 0 Å². The van der Waals surface area contributed by atoms with Gasteiger partial charge in [-0.1, -0.05) is 47.5 Å². The predicted octanol–water partition coefficient (Wildman–Crippen LogP) is 7.24. The van der Waals surface area contributed by atoms with Crippen LogP contribution in [0.15, 0.2) is 60.7 Å². The third-order valence-electron chi connectivity index (χ3n) is 7.21. The smallest absolute Gasteiger partial charge is 0.407 e. The molecule has 3 aromatic carbocycles. The van der Waals surface area contributed by atoms with Crippen molar-refractivity contribution in [3.63, 3.8) is 0 Å². The maximum absolute atomic E-state index is 12.3. The average Bonchev–Trinajstić information content (AvgIpc) is 3.29. The van der Waals surface area contributed by atoms with E-state index in [1.165, 1.54) is 12.0 Å². The van der Waals surface area contributed by atoms with Gasteiger partial charge in [0.25, 0.3) is 0 Å². The van der Waals surface area contributed by atoms with Crippen molar-refractivity contribution in [2.45, 2.75) is 31.7 Å². The Kier molecular flexibility index (Phi) is 7.63. The lowest BCUT2D eigenvalue weighted by Crippen LogP contribution is -2.30. The van der Waals surface area contributed by atoms with Gasteiger partial charge in [0.1, 0.15) is 0 Å². The molecule has 1 heterocycles. The minimum absolute atomic E-state index is 0.0459. The van der Waals surface area contributed by atoms with Crippen molar-refractivity contribution in [2.75, 3.05) is 25.5 Å². The van der Waals surface area contributed by atoms with Crippen molar-refractivity contribution >= 4 is 52.1 Å². The molecule has 1 atom stereocenters. The molecule has 196 valence electrons. The number of likely N-dealkylation sites (tertiary alicyclic amines) is 1. The summed E-state index contributed by atoms with van der Waals surface area (Å²) < 4.78 is 4.96. The third-order valence-corrected chi connectivity index (χ3v) is 7.76. The van der Waals surface area contributed by atoms with Gasteiger partial charge in [0.2, 0.25) is 0 Å². The van der Waals surface area contributed by atoms with E-state index in [0.717, 1.165) is 64.8 Å². The molecule has 0 radical (unpaired) electrons. The van der Waals surface area contributed by atoms with E-state index in [1.807, 2.05) is 36.4 Å². The van der Waals surface area contributed by atoms with E-state index < -0.39 is 6.09 Å². The minimum Gasteiger partial charge on any atom is -0.465 e. The highest BCUT2D eigenvalue weighted by atomic mass is 35.5. The Balaban J connectivity index is 1.62. The number of anilines is 1. The molecule has 3 aromatic rings. The van der Waals surface area contributed by atoms with E-state index in [0.29, 0.717) is 28.7 Å². The van der Waals surface area contributed by atoms with Crippen molar-refractivity contribution in [3.8, 4) is 0 Å². The maximum Gasteiger partial charge on any atom is 0.407 e. The number of amides is 1. The molecule has 1 aliphatic carbocycles. The summed E-state index contributed by atoms with van der Waals surface area (Å²) >= 11 is 12.9. The lowest BCUT2D eigenvalue weighted by atomic mass is 9.87. The number of carboxylic acid groups (broad SMARTS) is 1. The number of fused-ring (bicyclic) bond motifs is 1. The first-order valence-electron chi connectivity index (χ1n) is 12.6. The van der Waals surface area contributed by atoms with Gasteiger partial charge in [-0.15, -0.1) is 0 Å². The van der Waals surface area contributed by atoms with E-state index in [1.54, 1.807) is 12.1 Å². The van der Waals surface area contributed by atoms with Crippen LogP contribution in [0.4, 0.5) is 10.5 Å². The predicted molar refractivity (Wildman–Crippen MR) is 151 cm³/mol. The Morgan fingerprint density at radius 3 is 2.58 bits per heavy atom. The molecule has 38 heavy (non-hydrogen) atoms. The van der Waals surface area contributed by atoms with Crippen LogP contribution in [0.3, 0.4) is 0 Å². The molecule has 0 unspecified atom stereocenters. The number of esters is 1. The summed E-state index contributed by atoms with van der Waals surface area (Å²) in [5, 5.41) is 14.0. The Hall–Kier alpha value is -3.48. The van der Waals surface area contributed by atoms with Gasteiger partial charge in [0.15, 0.2) is 0 Å². The van der Waals surface area contributed by atoms with Crippen LogP contribution >= 0.6 is 23.2 Å². The summed E-state index contributed by atoms with van der Waals surface area (Å²) in [6.45, 7) is 0.972. The van der Waals surface area contributed by atoms with Crippen LogP contribution in [-0.2, 0) is 11.2 Å². The standard InChI is InChI=1S/C30H28Cl2N2O4/c1-38-29(35)20-8-10-24-18(14-20)4-3-7-26(25-11-9-21(31)16-27(25)32)28(24)19-5-2-6-22(15-19)33-23-12-13-34(17-23)30(36)37/h2,5-6,8-11,14-16,23,33H,3-4,7,12-13,17H2,1H3,(H,36,37)/t23-/m1/s1. The molecular formula is C30H28Cl2N2O4. The summed E-state index contributed by atoms with van der Waals surface area (Å²) in [4.78, 5) is 25.1. The first kappa shape index (κ1) is 26.1. The molecule has 5 rings (SSSR count). The largest absolute Gasteiger partial charge is 0.465 e. The van der Waals surface area contributed by atoms with E-state index in [2.05, 4.69) is 17.4 Å². The van der Waals surface area contributed by atoms with E-state index in [9.17, 15) is 14.7 Å². The molecule has 0 bridgehead atoms. The third kappa shape index (κ3) is 5.38. The summed E-state index contributed by atoms with van der Waals surface area (Å²) in [6, 6.07) is 19.5. The second kappa shape index (κ2) is 11.1. The van der Waals surface area contributed by atoms with Crippen molar-refractivity contribution in [3.05, 3.63) is 98.5 Å². The fourth-order valence-corrected chi connectivity index (χ4v) is 5.94. The Bertz CT molecular complexity index is 1440.